The minimum atomic E-state index is -0.254. The van der Waals surface area contributed by atoms with Gasteiger partial charge in [0.1, 0.15) is 6.10 Å². The predicted octanol–water partition coefficient (Wildman–Crippen LogP) is 1.47. The average Bonchev–Trinajstić information content (AvgIpc) is 3.15. The first-order valence-corrected chi connectivity index (χ1v) is 8.46. The van der Waals surface area contributed by atoms with E-state index >= 15 is 0 Å². The quantitative estimate of drug-likeness (QED) is 0.845. The van der Waals surface area contributed by atoms with Gasteiger partial charge in [-0.2, -0.15) is 0 Å². The lowest BCUT2D eigenvalue weighted by Crippen LogP contribution is -2.52. The van der Waals surface area contributed by atoms with Crippen molar-refractivity contribution in [1.82, 2.24) is 9.80 Å². The summed E-state index contributed by atoms with van der Waals surface area (Å²) < 4.78 is 5.46. The Morgan fingerprint density at radius 3 is 2.39 bits per heavy atom. The van der Waals surface area contributed by atoms with Gasteiger partial charge < -0.3 is 14.5 Å². The molecule has 2 amide bonds. The fraction of sp³-hybridized carbons (Fsp3) is 0.556. The number of benzene rings is 1. The van der Waals surface area contributed by atoms with Crippen LogP contribution in [0.1, 0.15) is 24.8 Å². The molecule has 0 N–H and O–H groups in total. The van der Waals surface area contributed by atoms with E-state index in [1.807, 2.05) is 40.1 Å². The first-order valence-electron chi connectivity index (χ1n) is 8.46. The summed E-state index contributed by atoms with van der Waals surface area (Å²) in [6.07, 6.45) is 2.84. The van der Waals surface area contributed by atoms with Gasteiger partial charge in [0.25, 0.3) is 5.91 Å². The number of hydrogen-bond donors (Lipinski definition) is 0. The molecule has 0 bridgehead atoms. The smallest absolute Gasteiger partial charge is 0.251 e. The van der Waals surface area contributed by atoms with Crippen molar-refractivity contribution < 1.29 is 14.3 Å². The van der Waals surface area contributed by atoms with Crippen LogP contribution >= 0.6 is 0 Å². The Balaban J connectivity index is 1.43. The Morgan fingerprint density at radius 2 is 1.74 bits per heavy atom. The monoisotopic (exact) mass is 316 g/mol. The van der Waals surface area contributed by atoms with Crippen LogP contribution < -0.4 is 0 Å². The molecule has 1 aromatic rings. The second kappa shape index (κ2) is 7.59. The second-order valence-electron chi connectivity index (χ2n) is 6.19. The highest BCUT2D eigenvalue weighted by Crippen LogP contribution is 2.16. The molecule has 0 saturated carbocycles. The van der Waals surface area contributed by atoms with E-state index in [2.05, 4.69) is 0 Å². The largest absolute Gasteiger partial charge is 0.368 e. The number of ether oxygens (including phenoxy) is 1. The van der Waals surface area contributed by atoms with Gasteiger partial charge in [0.15, 0.2) is 0 Å². The maximum atomic E-state index is 12.3. The third-order valence-corrected chi connectivity index (χ3v) is 4.62. The highest BCUT2D eigenvalue weighted by atomic mass is 16.5. The summed E-state index contributed by atoms with van der Waals surface area (Å²) >= 11 is 0. The molecule has 0 aliphatic carbocycles. The van der Waals surface area contributed by atoms with E-state index in [4.69, 9.17) is 4.74 Å². The summed E-state index contributed by atoms with van der Waals surface area (Å²) in [5.41, 5.74) is 1.19. The van der Waals surface area contributed by atoms with Crippen molar-refractivity contribution in [3.63, 3.8) is 0 Å². The number of aryl methyl sites for hydroxylation is 1. The Kier molecular flexibility index (Phi) is 5.28. The molecule has 2 aliphatic heterocycles. The zero-order valence-electron chi connectivity index (χ0n) is 13.4. The highest BCUT2D eigenvalue weighted by molar-refractivity contribution is 5.82. The minimum absolute atomic E-state index is 0.0962. The highest BCUT2D eigenvalue weighted by Gasteiger charge is 2.31. The number of piperazine rings is 1. The topological polar surface area (TPSA) is 49.9 Å². The molecule has 0 radical (unpaired) electrons. The Labute approximate surface area is 137 Å². The predicted molar refractivity (Wildman–Crippen MR) is 86.9 cm³/mol. The van der Waals surface area contributed by atoms with Crippen molar-refractivity contribution in [3.05, 3.63) is 35.9 Å². The number of rotatable bonds is 4. The molecule has 0 spiro atoms. The lowest BCUT2D eigenvalue weighted by Gasteiger charge is -2.35. The van der Waals surface area contributed by atoms with Gasteiger partial charge in [-0.25, -0.2) is 0 Å². The van der Waals surface area contributed by atoms with Gasteiger partial charge in [0, 0.05) is 39.2 Å². The molecule has 124 valence electrons. The number of nitrogens with zero attached hydrogens (tertiary/aromatic N) is 2. The van der Waals surface area contributed by atoms with Crippen molar-refractivity contribution in [2.24, 2.45) is 0 Å². The van der Waals surface area contributed by atoms with Crippen LogP contribution in [0.25, 0.3) is 0 Å². The van der Waals surface area contributed by atoms with E-state index in [9.17, 15) is 9.59 Å². The Bertz CT molecular complexity index is 532. The lowest BCUT2D eigenvalue weighted by atomic mass is 10.1. The molecule has 2 fully saturated rings. The molecule has 0 aromatic heterocycles. The normalized spacial score (nSPS) is 21.5. The van der Waals surface area contributed by atoms with Gasteiger partial charge in [0.2, 0.25) is 5.91 Å². The van der Waals surface area contributed by atoms with Gasteiger partial charge in [-0.15, -0.1) is 0 Å². The molecule has 3 rings (SSSR count). The molecule has 5 nitrogen and oxygen atoms in total. The van der Waals surface area contributed by atoms with E-state index in [1.54, 1.807) is 0 Å². The van der Waals surface area contributed by atoms with Gasteiger partial charge in [-0.1, -0.05) is 30.3 Å². The average molecular weight is 316 g/mol. The van der Waals surface area contributed by atoms with Crippen LogP contribution in [0.2, 0.25) is 0 Å². The summed E-state index contributed by atoms with van der Waals surface area (Å²) in [5.74, 6) is 0.275. The summed E-state index contributed by atoms with van der Waals surface area (Å²) in [6.45, 7) is 3.19. The number of amides is 2. The van der Waals surface area contributed by atoms with Crippen LogP contribution in [0, 0.1) is 0 Å². The van der Waals surface area contributed by atoms with Crippen molar-refractivity contribution in [3.8, 4) is 0 Å². The van der Waals surface area contributed by atoms with E-state index in [0.29, 0.717) is 39.2 Å². The van der Waals surface area contributed by atoms with E-state index in [0.717, 1.165) is 19.3 Å². The fourth-order valence-electron chi connectivity index (χ4n) is 3.21. The maximum absolute atomic E-state index is 12.3. The van der Waals surface area contributed by atoms with Crippen molar-refractivity contribution in [1.29, 1.82) is 0 Å². The third-order valence-electron chi connectivity index (χ3n) is 4.62. The van der Waals surface area contributed by atoms with Crippen LogP contribution in [-0.4, -0.2) is 60.5 Å². The van der Waals surface area contributed by atoms with Gasteiger partial charge in [-0.3, -0.25) is 9.59 Å². The van der Waals surface area contributed by atoms with Crippen LogP contribution in [0.4, 0.5) is 0 Å². The van der Waals surface area contributed by atoms with Crippen molar-refractivity contribution in [2.45, 2.75) is 31.8 Å². The first-order chi connectivity index (χ1) is 11.2. The summed E-state index contributed by atoms with van der Waals surface area (Å²) in [4.78, 5) is 28.3. The van der Waals surface area contributed by atoms with Crippen LogP contribution in [0.15, 0.2) is 30.3 Å². The molecule has 1 unspecified atom stereocenters. The lowest BCUT2D eigenvalue weighted by molar-refractivity contribution is -0.146. The van der Waals surface area contributed by atoms with Crippen LogP contribution in [0.3, 0.4) is 0 Å². The standard InChI is InChI=1S/C18H24N2O3/c21-17(9-8-15-5-2-1-3-6-15)19-10-12-20(13-11-19)18(22)16-7-4-14-23-16/h1-3,5-6,16H,4,7-14H2. The van der Waals surface area contributed by atoms with Crippen LogP contribution in [-0.2, 0) is 20.7 Å². The fourth-order valence-corrected chi connectivity index (χ4v) is 3.21. The second-order valence-corrected chi connectivity index (χ2v) is 6.19. The number of hydrogen-bond acceptors (Lipinski definition) is 3. The molecular formula is C18H24N2O3. The van der Waals surface area contributed by atoms with Crippen LogP contribution in [0.5, 0.6) is 0 Å². The first kappa shape index (κ1) is 16.0. The molecule has 2 heterocycles. The van der Waals surface area contributed by atoms with Gasteiger partial charge in [-0.05, 0) is 24.8 Å². The molecule has 2 aliphatic rings. The summed E-state index contributed by atoms with van der Waals surface area (Å²) in [7, 11) is 0. The molecule has 1 atom stereocenters. The van der Waals surface area contributed by atoms with E-state index < -0.39 is 0 Å². The van der Waals surface area contributed by atoms with Crippen molar-refractivity contribution >= 4 is 11.8 Å². The zero-order chi connectivity index (χ0) is 16.1. The molecule has 5 heteroatoms. The maximum Gasteiger partial charge on any atom is 0.251 e. The molecule has 2 saturated heterocycles. The zero-order valence-corrected chi connectivity index (χ0v) is 13.4. The molecular weight excluding hydrogens is 292 g/mol. The summed E-state index contributed by atoms with van der Waals surface area (Å²) in [5, 5.41) is 0. The van der Waals surface area contributed by atoms with E-state index in [1.165, 1.54) is 5.56 Å². The molecule has 23 heavy (non-hydrogen) atoms. The van der Waals surface area contributed by atoms with Gasteiger partial charge in [0.05, 0.1) is 0 Å². The molecule has 1 aromatic carbocycles. The minimum Gasteiger partial charge on any atom is -0.368 e. The summed E-state index contributed by atoms with van der Waals surface area (Å²) in [6, 6.07) is 10.1. The van der Waals surface area contributed by atoms with E-state index in [-0.39, 0.29) is 17.9 Å². The number of carbonyl (C=O) groups excluding carboxylic acids is 2. The SMILES string of the molecule is O=C(CCc1ccccc1)N1CCN(C(=O)C2CCCO2)CC1. The Morgan fingerprint density at radius 1 is 1.04 bits per heavy atom. The number of carbonyl (C=O) groups is 2. The van der Waals surface area contributed by atoms with Gasteiger partial charge >= 0.3 is 0 Å². The van der Waals surface area contributed by atoms with Crippen molar-refractivity contribution in [2.75, 3.05) is 32.8 Å². The third kappa shape index (κ3) is 4.10. The Hall–Kier alpha value is -1.88.